The highest BCUT2D eigenvalue weighted by Gasteiger charge is 2.05. The fraction of sp³-hybridized carbons (Fsp3) is 0.286. The van der Waals surface area contributed by atoms with Gasteiger partial charge in [-0.2, -0.15) is 0 Å². The summed E-state index contributed by atoms with van der Waals surface area (Å²) in [5.74, 6) is 1.71. The van der Waals surface area contributed by atoms with Crippen LogP contribution in [-0.4, -0.2) is 18.2 Å². The van der Waals surface area contributed by atoms with Crippen LogP contribution >= 0.6 is 11.3 Å². The minimum absolute atomic E-state index is 0.694. The average molecular weight is 353 g/mol. The number of fused-ring (bicyclic) bond motifs is 1. The van der Waals surface area contributed by atoms with Crippen molar-refractivity contribution in [3.63, 3.8) is 0 Å². The third kappa shape index (κ3) is 4.60. The average Bonchev–Trinajstić information content (AvgIpc) is 3.06. The van der Waals surface area contributed by atoms with Gasteiger partial charge in [-0.25, -0.2) is 4.98 Å². The molecule has 2 aromatic carbocycles. The summed E-state index contributed by atoms with van der Waals surface area (Å²) in [6.45, 7) is 5.62. The lowest BCUT2D eigenvalue weighted by atomic mass is 10.1. The highest BCUT2D eigenvalue weighted by molar-refractivity contribution is 7.19. The molecule has 3 nitrogen and oxygen atoms in total. The Morgan fingerprint density at radius 3 is 2.56 bits per heavy atom. The summed E-state index contributed by atoms with van der Waals surface area (Å²) < 4.78 is 12.8. The largest absolute Gasteiger partial charge is 0.493 e. The lowest BCUT2D eigenvalue weighted by molar-refractivity contribution is 0.301. The van der Waals surface area contributed by atoms with E-state index in [4.69, 9.17) is 9.47 Å². The Hall–Kier alpha value is -2.33. The molecule has 0 saturated carbocycles. The monoisotopic (exact) mass is 353 g/mol. The van der Waals surface area contributed by atoms with Crippen molar-refractivity contribution in [3.05, 3.63) is 53.0 Å². The molecule has 0 atom stereocenters. The second-order valence-electron chi connectivity index (χ2n) is 5.75. The Morgan fingerprint density at radius 1 is 0.960 bits per heavy atom. The molecule has 0 amide bonds. The highest BCUT2D eigenvalue weighted by Crippen LogP contribution is 2.28. The number of aromatic nitrogens is 1. The minimum atomic E-state index is 0.694. The molecule has 1 heterocycles. The fourth-order valence-corrected chi connectivity index (χ4v) is 3.29. The van der Waals surface area contributed by atoms with Gasteiger partial charge in [-0.15, -0.1) is 11.3 Å². The van der Waals surface area contributed by atoms with Crippen LogP contribution in [0.1, 0.15) is 37.3 Å². The van der Waals surface area contributed by atoms with Crippen LogP contribution in [0.25, 0.3) is 22.4 Å². The zero-order valence-corrected chi connectivity index (χ0v) is 15.5. The van der Waals surface area contributed by atoms with Gasteiger partial charge in [0.15, 0.2) is 0 Å². The fourth-order valence-electron chi connectivity index (χ4n) is 2.42. The highest BCUT2D eigenvalue weighted by atomic mass is 32.1. The van der Waals surface area contributed by atoms with Crippen LogP contribution in [0.4, 0.5) is 0 Å². The van der Waals surface area contributed by atoms with Gasteiger partial charge >= 0.3 is 0 Å². The molecule has 25 heavy (non-hydrogen) atoms. The predicted molar refractivity (Wildman–Crippen MR) is 107 cm³/mol. The summed E-state index contributed by atoms with van der Waals surface area (Å²) in [5.41, 5.74) is 2.08. The first-order chi connectivity index (χ1) is 12.3. The van der Waals surface area contributed by atoms with E-state index in [2.05, 4.69) is 31.0 Å². The molecule has 0 saturated heterocycles. The van der Waals surface area contributed by atoms with Crippen LogP contribution in [0.5, 0.6) is 11.5 Å². The Bertz CT molecular complexity index is 821. The zero-order valence-electron chi connectivity index (χ0n) is 14.7. The molecular weight excluding hydrogens is 330 g/mol. The van der Waals surface area contributed by atoms with E-state index in [0.717, 1.165) is 40.4 Å². The van der Waals surface area contributed by atoms with E-state index in [1.165, 1.54) is 4.70 Å². The maximum Gasteiger partial charge on any atom is 0.130 e. The molecule has 0 N–H and O–H groups in total. The van der Waals surface area contributed by atoms with Crippen LogP contribution in [0, 0.1) is 0 Å². The zero-order chi connectivity index (χ0) is 17.5. The molecule has 0 radical (unpaired) electrons. The van der Waals surface area contributed by atoms with Crippen molar-refractivity contribution in [2.75, 3.05) is 13.2 Å². The van der Waals surface area contributed by atoms with E-state index in [1.807, 2.05) is 42.5 Å². The summed E-state index contributed by atoms with van der Waals surface area (Å²) in [6, 6.07) is 14.2. The number of hydrogen-bond acceptors (Lipinski definition) is 4. The maximum absolute atomic E-state index is 5.91. The molecule has 0 aliphatic carbocycles. The number of para-hydroxylation sites is 1. The third-order valence-electron chi connectivity index (χ3n) is 3.64. The maximum atomic E-state index is 5.91. The van der Waals surface area contributed by atoms with Crippen molar-refractivity contribution in [2.45, 2.75) is 26.7 Å². The minimum Gasteiger partial charge on any atom is -0.493 e. The lowest BCUT2D eigenvalue weighted by Gasteiger charge is -2.11. The molecular formula is C21H23NO2S. The smallest absolute Gasteiger partial charge is 0.130 e. The van der Waals surface area contributed by atoms with Crippen LogP contribution in [0.3, 0.4) is 0 Å². The Labute approximate surface area is 152 Å². The molecule has 0 unspecified atom stereocenters. The first kappa shape index (κ1) is 17.5. The quantitative estimate of drug-likeness (QED) is 0.494. The topological polar surface area (TPSA) is 31.4 Å². The Kier molecular flexibility index (Phi) is 6.07. The van der Waals surface area contributed by atoms with E-state index in [1.54, 1.807) is 11.3 Å². The summed E-state index contributed by atoms with van der Waals surface area (Å²) in [7, 11) is 0. The molecule has 3 rings (SSSR count). The molecule has 4 heteroatoms. The van der Waals surface area contributed by atoms with Crippen molar-refractivity contribution in [2.24, 2.45) is 0 Å². The molecule has 0 bridgehead atoms. The molecule has 0 aliphatic heterocycles. The molecule has 130 valence electrons. The predicted octanol–water partition coefficient (Wildman–Crippen LogP) is 6.04. The van der Waals surface area contributed by atoms with Crippen molar-refractivity contribution < 1.29 is 9.47 Å². The number of rotatable bonds is 8. The van der Waals surface area contributed by atoms with Crippen LogP contribution in [0.15, 0.2) is 42.5 Å². The van der Waals surface area contributed by atoms with E-state index in [-0.39, 0.29) is 0 Å². The molecule has 0 spiro atoms. The summed E-state index contributed by atoms with van der Waals surface area (Å²) in [6.07, 6.45) is 6.07. The van der Waals surface area contributed by atoms with Gasteiger partial charge in [0.05, 0.1) is 23.4 Å². The van der Waals surface area contributed by atoms with E-state index < -0.39 is 0 Å². The summed E-state index contributed by atoms with van der Waals surface area (Å²) in [4.78, 5) is 4.64. The normalized spacial score (nSPS) is 11.3. The lowest BCUT2D eigenvalue weighted by Crippen LogP contribution is -1.99. The van der Waals surface area contributed by atoms with Crippen LogP contribution in [0.2, 0.25) is 0 Å². The SMILES string of the molecule is CCCOc1ccc(C=Cc2nc3ccccc3s2)c(OCCC)c1. The summed E-state index contributed by atoms with van der Waals surface area (Å²) >= 11 is 1.69. The van der Waals surface area contributed by atoms with Gasteiger partial charge in [0.1, 0.15) is 16.5 Å². The molecule has 1 aromatic heterocycles. The van der Waals surface area contributed by atoms with Gasteiger partial charge < -0.3 is 9.47 Å². The Morgan fingerprint density at radius 2 is 1.76 bits per heavy atom. The van der Waals surface area contributed by atoms with E-state index >= 15 is 0 Å². The first-order valence-electron chi connectivity index (χ1n) is 8.73. The van der Waals surface area contributed by atoms with Gasteiger partial charge in [0, 0.05) is 11.6 Å². The van der Waals surface area contributed by atoms with Crippen molar-refractivity contribution in [3.8, 4) is 11.5 Å². The number of ether oxygens (including phenoxy) is 2. The van der Waals surface area contributed by atoms with Gasteiger partial charge in [0.2, 0.25) is 0 Å². The number of thiazole rings is 1. The number of nitrogens with zero attached hydrogens (tertiary/aromatic N) is 1. The van der Waals surface area contributed by atoms with Gasteiger partial charge in [-0.05, 0) is 49.3 Å². The van der Waals surface area contributed by atoms with Crippen molar-refractivity contribution in [1.82, 2.24) is 4.98 Å². The van der Waals surface area contributed by atoms with Crippen molar-refractivity contribution in [1.29, 1.82) is 0 Å². The number of benzene rings is 2. The third-order valence-corrected chi connectivity index (χ3v) is 4.64. The summed E-state index contributed by atoms with van der Waals surface area (Å²) in [5, 5.41) is 0.994. The van der Waals surface area contributed by atoms with E-state index in [0.29, 0.717) is 13.2 Å². The van der Waals surface area contributed by atoms with Crippen LogP contribution in [-0.2, 0) is 0 Å². The van der Waals surface area contributed by atoms with Crippen LogP contribution < -0.4 is 9.47 Å². The number of hydrogen-bond donors (Lipinski definition) is 0. The second-order valence-corrected chi connectivity index (χ2v) is 6.81. The van der Waals surface area contributed by atoms with Crippen molar-refractivity contribution >= 4 is 33.7 Å². The first-order valence-corrected chi connectivity index (χ1v) is 9.55. The standard InChI is InChI=1S/C21H23NO2S/c1-3-13-23-17-11-9-16(19(15-17)24-14-4-2)10-12-21-22-18-7-5-6-8-20(18)25-21/h5-12,15H,3-4,13-14H2,1-2H3. The van der Waals surface area contributed by atoms with Gasteiger partial charge in [-0.3, -0.25) is 0 Å². The second kappa shape index (κ2) is 8.67. The van der Waals surface area contributed by atoms with E-state index in [9.17, 15) is 0 Å². The molecule has 3 aromatic rings. The molecule has 0 fully saturated rings. The van der Waals surface area contributed by atoms with Gasteiger partial charge in [0.25, 0.3) is 0 Å². The Balaban J connectivity index is 1.83. The molecule has 0 aliphatic rings. The van der Waals surface area contributed by atoms with Gasteiger partial charge in [-0.1, -0.05) is 26.0 Å².